The Hall–Kier alpha value is -1.56. The predicted molar refractivity (Wildman–Crippen MR) is 94.8 cm³/mol. The van der Waals surface area contributed by atoms with Crippen molar-refractivity contribution in [3.8, 4) is 12.3 Å². The Morgan fingerprint density at radius 3 is 2.43 bits per heavy atom. The van der Waals surface area contributed by atoms with Crippen LogP contribution in [-0.2, 0) is 37.3 Å². The van der Waals surface area contributed by atoms with Crippen LogP contribution >= 0.6 is 23.9 Å². The van der Waals surface area contributed by atoms with Gasteiger partial charge in [0.2, 0.25) is 5.72 Å². The minimum Gasteiger partial charge on any atom is -0.384 e. The number of ether oxygens (including phenoxy) is 1. The summed E-state index contributed by atoms with van der Waals surface area (Å²) in [7, 11) is -13.6. The number of nitrogens with one attached hydrogen (secondary N) is 1. The topological polar surface area (TPSA) is 244 Å². The molecule has 0 saturated heterocycles. The summed E-state index contributed by atoms with van der Waals surface area (Å²) in [5.74, 6) is 1.74. The molecule has 0 saturated carbocycles. The van der Waals surface area contributed by atoms with Crippen molar-refractivity contribution in [2.24, 2.45) is 0 Å². The number of methoxy groups -OCH3 is 1. The number of hydrogen-bond donors (Lipinski definition) is 6. The van der Waals surface area contributed by atoms with Crippen molar-refractivity contribution >= 4 is 23.9 Å². The molecule has 0 amide bonds. The summed E-state index contributed by atoms with van der Waals surface area (Å²) in [6.07, 6.45) is 2.16. The largest absolute Gasteiger partial charge is 0.708 e. The summed E-state index contributed by atoms with van der Waals surface area (Å²) in [5.41, 5.74) is -4.81. The third-order valence-corrected chi connectivity index (χ3v) is 6.59. The van der Waals surface area contributed by atoms with Gasteiger partial charge in [0.1, 0.15) is 18.8 Å². The zero-order chi connectivity index (χ0) is 23.3. The van der Waals surface area contributed by atoms with Crippen LogP contribution < -0.4 is 11.2 Å². The number of aliphatic hydroxyl groups is 2. The van der Waals surface area contributed by atoms with Gasteiger partial charge in [0.15, 0.2) is 0 Å². The first-order valence-corrected chi connectivity index (χ1v) is 11.4. The van der Waals surface area contributed by atoms with Gasteiger partial charge in [0.25, 0.3) is 5.56 Å². The quantitative estimate of drug-likeness (QED) is 0.146. The number of terminal acetylenes is 1. The Morgan fingerprint density at radius 1 is 1.37 bits per heavy atom. The smallest absolute Gasteiger partial charge is 0.384 e. The van der Waals surface area contributed by atoms with E-state index in [2.05, 4.69) is 13.1 Å². The van der Waals surface area contributed by atoms with Crippen LogP contribution in [0.2, 0.25) is 0 Å². The third kappa shape index (κ3) is 7.29. The Kier molecular flexibility index (Phi) is 8.97. The van der Waals surface area contributed by atoms with E-state index in [1.54, 1.807) is 10.9 Å². The van der Waals surface area contributed by atoms with Crippen LogP contribution in [0.4, 0.5) is 0 Å². The number of nitrogens with zero attached hydrogens (tertiary/aromatic N) is 1. The molecule has 6 N–H and O–H groups in total. The molecule has 30 heavy (non-hydrogen) atoms. The number of hydrogen-bond acceptors (Lipinski definition) is 11. The van der Waals surface area contributed by atoms with Gasteiger partial charge in [-0.05, 0) is 10.2 Å². The number of aliphatic hydroxyl groups excluding tert-OH is 1. The normalized spacial score (nSPS) is 18.5. The molecule has 16 nitrogen and oxygen atoms in total. The Bertz CT molecular complexity index is 1020. The molecule has 1 aromatic heterocycles. The number of aromatic nitrogens is 2. The fraction of sp³-hybridized carbons (Fsp3) is 0.455. The first-order chi connectivity index (χ1) is 13.6. The van der Waals surface area contributed by atoms with Gasteiger partial charge < -0.3 is 24.7 Å². The van der Waals surface area contributed by atoms with Crippen LogP contribution in [0.25, 0.3) is 0 Å². The van der Waals surface area contributed by atoms with Crippen LogP contribution in [0.5, 0.6) is 0 Å². The van der Waals surface area contributed by atoms with Crippen LogP contribution in [0, 0.1) is 12.3 Å². The zero-order valence-electron chi connectivity index (χ0n) is 14.8. The predicted octanol–water partition coefficient (Wildman–Crippen LogP) is -1.91. The minimum atomic E-state index is -5.50. The first kappa shape index (κ1) is 26.5. The average molecular weight is 493 g/mol. The standard InChI is InChI=1S/C11H15N2O14P3/c1-3-11(17,13-5-4-8(14)12-10(13)16)9(15)7(24-2)6-25-28(18)26-30(22,23)27-29(19,20)21/h1,4-5,7,9,15,17H,6H2,2H3,(H3-,12,14,16,19,20,21,22,23)/p+1/t7-,9-,11-/m1/s1. The number of H-pyrrole nitrogens is 1. The van der Waals surface area contributed by atoms with Gasteiger partial charge in [-0.1, -0.05) is 0 Å². The highest BCUT2D eigenvalue weighted by Crippen LogP contribution is 2.61. The van der Waals surface area contributed by atoms with Gasteiger partial charge in [-0.2, -0.15) is 4.31 Å². The van der Waals surface area contributed by atoms with Crippen LogP contribution in [0.15, 0.2) is 21.9 Å². The fourth-order valence-corrected chi connectivity index (χ4v) is 4.52. The van der Waals surface area contributed by atoms with Crippen molar-refractivity contribution in [1.82, 2.24) is 9.55 Å². The van der Waals surface area contributed by atoms with E-state index in [0.29, 0.717) is 4.57 Å². The van der Waals surface area contributed by atoms with Gasteiger partial charge in [0.05, 0.1) is 0 Å². The second-order valence-electron chi connectivity index (χ2n) is 5.21. The first-order valence-electron chi connectivity index (χ1n) is 7.28. The molecule has 0 aliphatic carbocycles. The summed E-state index contributed by atoms with van der Waals surface area (Å²) in [6, 6.07) is 0.819. The van der Waals surface area contributed by atoms with Crippen molar-refractivity contribution in [2.45, 2.75) is 17.9 Å². The van der Waals surface area contributed by atoms with E-state index >= 15 is 0 Å². The lowest BCUT2D eigenvalue weighted by atomic mass is 10.0. The van der Waals surface area contributed by atoms with Crippen LogP contribution in [0.1, 0.15) is 0 Å². The van der Waals surface area contributed by atoms with Gasteiger partial charge >= 0.3 is 29.6 Å². The van der Waals surface area contributed by atoms with Gasteiger partial charge in [0, 0.05) is 23.9 Å². The molecule has 0 radical (unpaired) electrons. The average Bonchev–Trinajstić information content (AvgIpc) is 2.58. The summed E-state index contributed by atoms with van der Waals surface area (Å²) in [6.45, 7) is -0.940. The van der Waals surface area contributed by atoms with E-state index in [4.69, 9.17) is 25.8 Å². The molecule has 2 unspecified atom stereocenters. The molecule has 168 valence electrons. The fourth-order valence-electron chi connectivity index (χ4n) is 1.92. The highest BCUT2D eigenvalue weighted by Gasteiger charge is 2.46. The lowest BCUT2D eigenvalue weighted by molar-refractivity contribution is -0.154. The molecule has 1 rings (SSSR count). The molecule has 0 fully saturated rings. The minimum absolute atomic E-state index is 0.386. The highest BCUT2D eigenvalue weighted by molar-refractivity contribution is 7.64. The third-order valence-electron chi connectivity index (χ3n) is 3.19. The second-order valence-corrected chi connectivity index (χ2v) is 9.14. The van der Waals surface area contributed by atoms with Crippen molar-refractivity contribution in [1.29, 1.82) is 0 Å². The van der Waals surface area contributed by atoms with Crippen molar-refractivity contribution in [3.05, 3.63) is 33.1 Å². The monoisotopic (exact) mass is 493 g/mol. The van der Waals surface area contributed by atoms with Crippen molar-refractivity contribution < 1.29 is 56.5 Å². The maximum absolute atomic E-state index is 11.9. The van der Waals surface area contributed by atoms with Gasteiger partial charge in [-0.25, -0.2) is 13.9 Å². The molecule has 0 spiro atoms. The van der Waals surface area contributed by atoms with Crippen molar-refractivity contribution in [2.75, 3.05) is 13.7 Å². The molecule has 1 aromatic rings. The highest BCUT2D eigenvalue weighted by atomic mass is 31.3. The van der Waals surface area contributed by atoms with Crippen LogP contribution in [0.3, 0.4) is 0 Å². The Balaban J connectivity index is 2.95. The maximum atomic E-state index is 11.9. The summed E-state index contributed by atoms with van der Waals surface area (Å²) < 4.78 is 50.4. The van der Waals surface area contributed by atoms with E-state index in [9.17, 15) is 33.5 Å². The maximum Gasteiger partial charge on any atom is 0.708 e. The van der Waals surface area contributed by atoms with Crippen LogP contribution in [-0.4, -0.2) is 60.4 Å². The van der Waals surface area contributed by atoms with Gasteiger partial charge in [-0.15, -0.1) is 10.9 Å². The van der Waals surface area contributed by atoms with Gasteiger partial charge in [-0.3, -0.25) is 19.2 Å². The number of phosphoric acid groups is 2. The molecule has 0 aliphatic rings. The van der Waals surface area contributed by atoms with E-state index in [0.717, 1.165) is 19.4 Å². The van der Waals surface area contributed by atoms with E-state index in [-0.39, 0.29) is 0 Å². The number of rotatable bonds is 11. The number of aromatic amines is 1. The zero-order valence-corrected chi connectivity index (χ0v) is 17.5. The summed E-state index contributed by atoms with van der Waals surface area (Å²) >= 11 is 0. The molecule has 5 atom stereocenters. The van der Waals surface area contributed by atoms with E-state index in [1.807, 2.05) is 0 Å². The molecular formula is C11H16N2O14P3+. The molecule has 19 heteroatoms. The lowest BCUT2D eigenvalue weighted by Gasteiger charge is -2.32. The molecular weight excluding hydrogens is 477 g/mol. The SMILES string of the molecule is C#C[C@@](O)([C@H](O)[C@@H](CO[P+](=O)OP(=O)(O)OP(=O)(O)O)OC)n1ccc(=O)[nH]c1=O. The summed E-state index contributed by atoms with van der Waals surface area (Å²) in [4.78, 5) is 50.8. The second kappa shape index (κ2) is 10.2. The molecule has 0 aliphatic heterocycles. The van der Waals surface area contributed by atoms with E-state index < -0.39 is 59.7 Å². The van der Waals surface area contributed by atoms with E-state index in [1.165, 1.54) is 0 Å². The Morgan fingerprint density at radius 2 is 1.97 bits per heavy atom. The Labute approximate surface area is 167 Å². The molecule has 0 aromatic carbocycles. The van der Waals surface area contributed by atoms with Crippen molar-refractivity contribution in [3.63, 3.8) is 0 Å². The molecule has 0 bridgehead atoms. The lowest BCUT2D eigenvalue weighted by Crippen LogP contribution is -2.55. The molecule has 1 heterocycles. The summed E-state index contributed by atoms with van der Waals surface area (Å²) in [5, 5.41) is 20.9.